The van der Waals surface area contributed by atoms with E-state index >= 15 is 0 Å². The molecule has 0 saturated carbocycles. The molecule has 0 heterocycles. The first-order valence-electron chi connectivity index (χ1n) is 5.97. The molecule has 2 aromatic carbocycles. The van der Waals surface area contributed by atoms with Gasteiger partial charge < -0.3 is 0 Å². The van der Waals surface area contributed by atoms with Crippen LogP contribution in [0.15, 0.2) is 42.5 Å². The van der Waals surface area contributed by atoms with E-state index in [0.29, 0.717) is 12.0 Å². The van der Waals surface area contributed by atoms with Crippen LogP contribution in [0.1, 0.15) is 16.7 Å². The Kier molecular flexibility index (Phi) is 2.64. The first kappa shape index (κ1) is 13.1. The van der Waals surface area contributed by atoms with E-state index in [1.807, 2.05) is 24.3 Å². The second-order valence-corrected chi connectivity index (χ2v) is 4.78. The van der Waals surface area contributed by atoms with Gasteiger partial charge in [-0.3, -0.25) is 0 Å². The lowest BCUT2D eigenvalue weighted by Gasteiger charge is -2.20. The number of benzene rings is 2. The molecule has 0 spiro atoms. The van der Waals surface area contributed by atoms with Gasteiger partial charge in [-0.1, -0.05) is 36.4 Å². The molecule has 0 N–H and O–H groups in total. The Balaban J connectivity index is 2.08. The third-order valence-corrected chi connectivity index (χ3v) is 3.51. The average molecular weight is 284 g/mol. The van der Waals surface area contributed by atoms with Gasteiger partial charge in [-0.05, 0) is 34.7 Å². The summed E-state index contributed by atoms with van der Waals surface area (Å²) in [4.78, 5) is 0. The smallest absolute Gasteiger partial charge is 0.191 e. The topological polar surface area (TPSA) is 0 Å². The molecule has 0 fully saturated rings. The van der Waals surface area contributed by atoms with Gasteiger partial charge in [-0.25, -0.2) is 0 Å². The van der Waals surface area contributed by atoms with Crippen LogP contribution in [0, 0.1) is 0 Å². The largest absolute Gasteiger partial charge is 0.458 e. The van der Waals surface area contributed by atoms with Crippen molar-refractivity contribution >= 4 is 0 Å². The van der Waals surface area contributed by atoms with Crippen LogP contribution in [0.25, 0.3) is 11.1 Å². The Morgan fingerprint density at radius 1 is 0.750 bits per heavy atom. The molecule has 0 unspecified atom stereocenters. The van der Waals surface area contributed by atoms with E-state index in [1.165, 1.54) is 6.07 Å². The van der Waals surface area contributed by atoms with Crippen molar-refractivity contribution in [1.82, 2.24) is 0 Å². The summed E-state index contributed by atoms with van der Waals surface area (Å²) in [6, 6.07) is 10.5. The Hall–Kier alpha value is -1.91. The highest BCUT2D eigenvalue weighted by Gasteiger charge is 2.58. The van der Waals surface area contributed by atoms with Gasteiger partial charge in [-0.2, -0.15) is 22.0 Å². The maximum absolute atomic E-state index is 13.3. The van der Waals surface area contributed by atoms with Crippen molar-refractivity contribution in [3.8, 4) is 11.1 Å². The zero-order valence-electron chi connectivity index (χ0n) is 10.1. The SMILES string of the molecule is FC(F)(F)C(F)(F)c1ccc2c(c1)Cc1ccccc1-2. The van der Waals surface area contributed by atoms with E-state index in [9.17, 15) is 22.0 Å². The predicted octanol–water partition coefficient (Wildman–Crippen LogP) is 4.91. The van der Waals surface area contributed by atoms with Crippen LogP contribution < -0.4 is 0 Å². The van der Waals surface area contributed by atoms with E-state index in [0.717, 1.165) is 28.8 Å². The van der Waals surface area contributed by atoms with Crippen molar-refractivity contribution in [2.45, 2.75) is 18.5 Å². The Bertz CT molecular complexity index is 670. The fourth-order valence-corrected chi connectivity index (χ4v) is 2.50. The van der Waals surface area contributed by atoms with Crippen LogP contribution >= 0.6 is 0 Å². The molecule has 104 valence electrons. The third-order valence-electron chi connectivity index (χ3n) is 3.51. The van der Waals surface area contributed by atoms with Crippen molar-refractivity contribution in [3.05, 3.63) is 59.2 Å². The van der Waals surface area contributed by atoms with Gasteiger partial charge in [-0.15, -0.1) is 0 Å². The maximum Gasteiger partial charge on any atom is 0.458 e. The number of rotatable bonds is 1. The lowest BCUT2D eigenvalue weighted by molar-refractivity contribution is -0.289. The van der Waals surface area contributed by atoms with Crippen molar-refractivity contribution in [2.24, 2.45) is 0 Å². The summed E-state index contributed by atoms with van der Waals surface area (Å²) < 4.78 is 63.8. The Morgan fingerprint density at radius 3 is 2.10 bits per heavy atom. The fraction of sp³-hybridized carbons (Fsp3) is 0.200. The van der Waals surface area contributed by atoms with Crippen molar-refractivity contribution in [1.29, 1.82) is 0 Å². The van der Waals surface area contributed by atoms with Gasteiger partial charge in [0.25, 0.3) is 0 Å². The van der Waals surface area contributed by atoms with Gasteiger partial charge in [0.05, 0.1) is 0 Å². The van der Waals surface area contributed by atoms with E-state index in [2.05, 4.69) is 0 Å². The fourth-order valence-electron chi connectivity index (χ4n) is 2.50. The molecule has 0 atom stereocenters. The molecule has 0 radical (unpaired) electrons. The van der Waals surface area contributed by atoms with Gasteiger partial charge in [0.15, 0.2) is 0 Å². The van der Waals surface area contributed by atoms with Crippen LogP contribution in [-0.4, -0.2) is 6.18 Å². The highest BCUT2D eigenvalue weighted by molar-refractivity contribution is 5.77. The third kappa shape index (κ3) is 1.80. The monoisotopic (exact) mass is 284 g/mol. The molecule has 5 heteroatoms. The summed E-state index contributed by atoms with van der Waals surface area (Å²) in [7, 11) is 0. The number of fused-ring (bicyclic) bond motifs is 3. The quantitative estimate of drug-likeness (QED) is 0.557. The minimum Gasteiger partial charge on any atom is -0.191 e. The van der Waals surface area contributed by atoms with Gasteiger partial charge in [0.2, 0.25) is 0 Å². The Morgan fingerprint density at radius 2 is 1.40 bits per heavy atom. The first-order valence-corrected chi connectivity index (χ1v) is 5.97. The number of alkyl halides is 5. The number of hydrogen-bond acceptors (Lipinski definition) is 0. The van der Waals surface area contributed by atoms with E-state index in [-0.39, 0.29) is 0 Å². The predicted molar refractivity (Wildman–Crippen MR) is 64.6 cm³/mol. The molecule has 0 aromatic heterocycles. The van der Waals surface area contributed by atoms with Crippen LogP contribution in [0.3, 0.4) is 0 Å². The molecule has 1 aliphatic carbocycles. The van der Waals surface area contributed by atoms with Crippen LogP contribution in [-0.2, 0) is 12.3 Å². The highest BCUT2D eigenvalue weighted by atomic mass is 19.4. The summed E-state index contributed by atoms with van der Waals surface area (Å²) in [5, 5.41) is 0. The van der Waals surface area contributed by atoms with Crippen LogP contribution in [0.4, 0.5) is 22.0 Å². The maximum atomic E-state index is 13.3. The normalized spacial score (nSPS) is 14.1. The van der Waals surface area contributed by atoms with Crippen LogP contribution in [0.5, 0.6) is 0 Å². The second kappa shape index (κ2) is 4.04. The summed E-state index contributed by atoms with van der Waals surface area (Å²) in [6.07, 6.45) is -5.19. The van der Waals surface area contributed by atoms with E-state index in [4.69, 9.17) is 0 Å². The zero-order valence-corrected chi connectivity index (χ0v) is 10.1. The molecule has 2 aromatic rings. The van der Waals surface area contributed by atoms with Crippen molar-refractivity contribution in [2.75, 3.05) is 0 Å². The highest BCUT2D eigenvalue weighted by Crippen LogP contribution is 2.46. The minimum absolute atomic E-state index is 0.382. The van der Waals surface area contributed by atoms with Crippen molar-refractivity contribution < 1.29 is 22.0 Å². The van der Waals surface area contributed by atoms with E-state index < -0.39 is 17.7 Å². The van der Waals surface area contributed by atoms with Crippen molar-refractivity contribution in [3.63, 3.8) is 0 Å². The molecule has 0 amide bonds. The molecule has 0 bridgehead atoms. The zero-order chi connectivity index (χ0) is 14.5. The molecule has 3 rings (SSSR count). The second-order valence-electron chi connectivity index (χ2n) is 4.78. The lowest BCUT2D eigenvalue weighted by atomic mass is 10.00. The summed E-state index contributed by atoms with van der Waals surface area (Å²) in [6.45, 7) is 0. The van der Waals surface area contributed by atoms with Gasteiger partial charge >= 0.3 is 12.1 Å². The minimum atomic E-state index is -5.58. The van der Waals surface area contributed by atoms with Crippen LogP contribution in [0.2, 0.25) is 0 Å². The summed E-state index contributed by atoms with van der Waals surface area (Å²) >= 11 is 0. The molecule has 0 aliphatic heterocycles. The Labute approximate surface area is 111 Å². The number of hydrogen-bond donors (Lipinski definition) is 0. The summed E-state index contributed by atoms with van der Waals surface area (Å²) in [5.41, 5.74) is 2.06. The molecule has 20 heavy (non-hydrogen) atoms. The molecule has 0 nitrogen and oxygen atoms in total. The molecule has 0 saturated heterocycles. The standard InChI is InChI=1S/C15H9F5/c16-14(17,15(18,19)20)11-5-6-13-10(8-11)7-9-3-1-2-4-12(9)13/h1-6,8H,7H2. The lowest BCUT2D eigenvalue weighted by Crippen LogP contribution is -2.33. The molecular weight excluding hydrogens is 275 g/mol. The first-order chi connectivity index (χ1) is 9.30. The molecule has 1 aliphatic rings. The van der Waals surface area contributed by atoms with Gasteiger partial charge in [0, 0.05) is 5.56 Å². The summed E-state index contributed by atoms with van der Waals surface area (Å²) in [5.74, 6) is -4.82. The van der Waals surface area contributed by atoms with E-state index in [1.54, 1.807) is 0 Å². The number of halogens is 5. The molecular formula is C15H9F5. The van der Waals surface area contributed by atoms with Gasteiger partial charge in [0.1, 0.15) is 0 Å². The average Bonchev–Trinajstić information content (AvgIpc) is 2.74.